The minimum Gasteiger partial charge on any atom is -0.324 e. The Labute approximate surface area is 171 Å². The molecule has 1 aromatic carbocycles. The fourth-order valence-electron chi connectivity index (χ4n) is 2.61. The van der Waals surface area contributed by atoms with Crippen molar-refractivity contribution in [1.82, 2.24) is 14.9 Å². The molecule has 0 aliphatic carbocycles. The van der Waals surface area contributed by atoms with Crippen LogP contribution < -0.4 is 5.32 Å². The Kier molecular flexibility index (Phi) is 6.71. The molecule has 0 saturated heterocycles. The highest BCUT2D eigenvalue weighted by Gasteiger charge is 2.09. The van der Waals surface area contributed by atoms with E-state index in [2.05, 4.69) is 36.1 Å². The number of rotatable bonds is 8. The Hall–Kier alpha value is -2.09. The maximum atomic E-state index is 12.4. The zero-order valence-corrected chi connectivity index (χ0v) is 17.7. The number of aromatic nitrogens is 2. The molecule has 0 unspecified atom stereocenters. The van der Waals surface area contributed by atoms with Crippen LogP contribution >= 0.6 is 27.3 Å². The highest BCUT2D eigenvalue weighted by molar-refractivity contribution is 9.11. The molecule has 0 aliphatic rings. The van der Waals surface area contributed by atoms with Crippen LogP contribution in [0.2, 0.25) is 0 Å². The molecule has 0 aliphatic heterocycles. The van der Waals surface area contributed by atoms with Crippen molar-refractivity contribution in [2.45, 2.75) is 12.8 Å². The number of hydrogen-bond donors (Lipinski definition) is 1. The number of halogens is 1. The zero-order chi connectivity index (χ0) is 19.2. The van der Waals surface area contributed by atoms with Gasteiger partial charge in [-0.1, -0.05) is 12.1 Å². The molecule has 3 aromatic rings. The van der Waals surface area contributed by atoms with Crippen molar-refractivity contribution >= 4 is 44.7 Å². The monoisotopic (exact) mass is 444 g/mol. The summed E-state index contributed by atoms with van der Waals surface area (Å²) in [5, 5.41) is 3.20. The predicted molar refractivity (Wildman–Crippen MR) is 115 cm³/mol. The van der Waals surface area contributed by atoms with E-state index in [0.29, 0.717) is 17.9 Å². The van der Waals surface area contributed by atoms with Crippen molar-refractivity contribution in [2.75, 3.05) is 26.0 Å². The highest BCUT2D eigenvalue weighted by atomic mass is 79.9. The van der Waals surface area contributed by atoms with E-state index in [1.165, 1.54) is 0 Å². The summed E-state index contributed by atoms with van der Waals surface area (Å²) < 4.78 is 1.06. The fraction of sp³-hybridized carbons (Fsp3) is 0.250. The van der Waals surface area contributed by atoms with E-state index in [-0.39, 0.29) is 5.78 Å². The summed E-state index contributed by atoms with van der Waals surface area (Å²) >= 11 is 5.10. The smallest absolute Gasteiger partial charge is 0.227 e. The zero-order valence-electron chi connectivity index (χ0n) is 15.3. The van der Waals surface area contributed by atoms with Gasteiger partial charge in [0.05, 0.1) is 14.4 Å². The number of benzene rings is 1. The van der Waals surface area contributed by atoms with Crippen LogP contribution in [0.3, 0.4) is 0 Å². The quantitative estimate of drug-likeness (QED) is 0.481. The first-order chi connectivity index (χ1) is 13.0. The topological polar surface area (TPSA) is 58.1 Å². The molecule has 0 radical (unpaired) electrons. The molecule has 0 saturated carbocycles. The van der Waals surface area contributed by atoms with Gasteiger partial charge in [0.15, 0.2) is 5.78 Å². The van der Waals surface area contributed by atoms with Crippen LogP contribution in [0.1, 0.15) is 23.2 Å². The van der Waals surface area contributed by atoms with Crippen molar-refractivity contribution in [3.63, 3.8) is 0 Å². The fourth-order valence-corrected chi connectivity index (χ4v) is 3.96. The molecule has 0 amide bonds. The van der Waals surface area contributed by atoms with Crippen LogP contribution in [-0.2, 0) is 0 Å². The molecular formula is C20H21BrN4OS. The third kappa shape index (κ3) is 5.69. The Bertz CT molecular complexity index is 926. The van der Waals surface area contributed by atoms with Crippen LogP contribution in [0.15, 0.2) is 52.4 Å². The van der Waals surface area contributed by atoms with Gasteiger partial charge in [-0.2, -0.15) is 0 Å². The first-order valence-corrected chi connectivity index (χ1v) is 10.3. The first-order valence-electron chi connectivity index (χ1n) is 8.65. The Balaban J connectivity index is 1.70. The van der Waals surface area contributed by atoms with Crippen molar-refractivity contribution < 1.29 is 4.79 Å². The largest absolute Gasteiger partial charge is 0.324 e. The van der Waals surface area contributed by atoms with Gasteiger partial charge < -0.3 is 10.2 Å². The first kappa shape index (κ1) is 19.7. The summed E-state index contributed by atoms with van der Waals surface area (Å²) in [6.07, 6.45) is 3.13. The SMILES string of the molecule is CN(C)CCCC(=O)c1cccc(Nc2nccc(-c3ccc(Br)s3)n2)c1. The van der Waals surface area contributed by atoms with Gasteiger partial charge in [-0.15, -0.1) is 11.3 Å². The highest BCUT2D eigenvalue weighted by Crippen LogP contribution is 2.30. The number of nitrogens with zero attached hydrogens (tertiary/aromatic N) is 3. The lowest BCUT2D eigenvalue weighted by atomic mass is 10.1. The summed E-state index contributed by atoms with van der Waals surface area (Å²) in [5.74, 6) is 0.660. The normalized spacial score (nSPS) is 11.0. The van der Waals surface area contributed by atoms with E-state index in [1.807, 2.05) is 56.6 Å². The molecule has 0 fully saturated rings. The Morgan fingerprint density at radius 3 is 2.81 bits per heavy atom. The lowest BCUT2D eigenvalue weighted by Crippen LogP contribution is -2.14. The minimum absolute atomic E-state index is 0.151. The molecule has 5 nitrogen and oxygen atoms in total. The third-order valence-corrected chi connectivity index (χ3v) is 5.58. The number of carbonyl (C=O) groups excluding carboxylic acids is 1. The molecule has 2 heterocycles. The van der Waals surface area contributed by atoms with E-state index < -0.39 is 0 Å². The summed E-state index contributed by atoms with van der Waals surface area (Å²) in [6.45, 7) is 0.906. The number of anilines is 2. The number of Topliss-reactive ketones (excluding diaryl/α,β-unsaturated/α-hetero) is 1. The lowest BCUT2D eigenvalue weighted by Gasteiger charge is -2.09. The number of nitrogens with one attached hydrogen (secondary N) is 1. The van der Waals surface area contributed by atoms with Gasteiger partial charge in [0.2, 0.25) is 5.95 Å². The van der Waals surface area contributed by atoms with Crippen LogP contribution in [-0.4, -0.2) is 41.3 Å². The second-order valence-corrected chi connectivity index (χ2v) is 8.87. The molecule has 140 valence electrons. The van der Waals surface area contributed by atoms with Gasteiger partial charge in [-0.25, -0.2) is 9.97 Å². The average molecular weight is 445 g/mol. The minimum atomic E-state index is 0.151. The molecule has 7 heteroatoms. The number of carbonyl (C=O) groups is 1. The van der Waals surface area contributed by atoms with Crippen LogP contribution in [0.4, 0.5) is 11.6 Å². The van der Waals surface area contributed by atoms with E-state index in [1.54, 1.807) is 17.5 Å². The van der Waals surface area contributed by atoms with Gasteiger partial charge in [-0.05, 0) is 73.3 Å². The summed E-state index contributed by atoms with van der Waals surface area (Å²) in [5.41, 5.74) is 2.37. The standard InChI is InChI=1S/C20H21BrN4OS/c1-25(2)12-4-7-17(26)14-5-3-6-15(13-14)23-20-22-11-10-16(24-20)18-8-9-19(21)27-18/h3,5-6,8-11,13H,4,7,12H2,1-2H3,(H,22,23,24). The molecule has 3 rings (SSSR count). The van der Waals surface area contributed by atoms with Crippen molar-refractivity contribution in [3.05, 3.63) is 58.0 Å². The number of thiophene rings is 1. The van der Waals surface area contributed by atoms with Crippen molar-refractivity contribution in [3.8, 4) is 10.6 Å². The second kappa shape index (κ2) is 9.21. The molecule has 0 atom stereocenters. The van der Waals surface area contributed by atoms with Crippen molar-refractivity contribution in [1.29, 1.82) is 0 Å². The third-order valence-electron chi connectivity index (χ3n) is 3.93. The lowest BCUT2D eigenvalue weighted by molar-refractivity contribution is 0.0977. The molecular weight excluding hydrogens is 424 g/mol. The number of hydrogen-bond acceptors (Lipinski definition) is 6. The van der Waals surface area contributed by atoms with Gasteiger partial charge in [0, 0.05) is 23.9 Å². The maximum Gasteiger partial charge on any atom is 0.227 e. The molecule has 1 N–H and O–H groups in total. The predicted octanol–water partition coefficient (Wildman–Crippen LogP) is 5.24. The van der Waals surface area contributed by atoms with Crippen LogP contribution in [0.5, 0.6) is 0 Å². The molecule has 0 spiro atoms. The second-order valence-electron chi connectivity index (χ2n) is 6.41. The average Bonchev–Trinajstić information content (AvgIpc) is 3.08. The van der Waals surface area contributed by atoms with E-state index in [4.69, 9.17) is 0 Å². The van der Waals surface area contributed by atoms with Crippen molar-refractivity contribution in [2.24, 2.45) is 0 Å². The van der Waals surface area contributed by atoms with Crippen LogP contribution in [0, 0.1) is 0 Å². The Morgan fingerprint density at radius 2 is 2.07 bits per heavy atom. The molecule has 2 aromatic heterocycles. The van der Waals surface area contributed by atoms with Crippen LogP contribution in [0.25, 0.3) is 10.6 Å². The summed E-state index contributed by atoms with van der Waals surface area (Å²) in [4.78, 5) is 24.4. The molecule has 0 bridgehead atoms. The summed E-state index contributed by atoms with van der Waals surface area (Å²) in [6, 6.07) is 13.4. The van der Waals surface area contributed by atoms with Gasteiger partial charge in [-0.3, -0.25) is 4.79 Å². The Morgan fingerprint density at radius 1 is 1.22 bits per heavy atom. The van der Waals surface area contributed by atoms with E-state index in [9.17, 15) is 4.79 Å². The van der Waals surface area contributed by atoms with E-state index in [0.717, 1.165) is 33.0 Å². The van der Waals surface area contributed by atoms with E-state index >= 15 is 0 Å². The number of ketones is 1. The molecule has 27 heavy (non-hydrogen) atoms. The maximum absolute atomic E-state index is 12.4. The van der Waals surface area contributed by atoms with Gasteiger partial charge >= 0.3 is 0 Å². The van der Waals surface area contributed by atoms with Gasteiger partial charge in [0.25, 0.3) is 0 Å². The van der Waals surface area contributed by atoms with Gasteiger partial charge in [0.1, 0.15) is 0 Å². The summed E-state index contributed by atoms with van der Waals surface area (Å²) in [7, 11) is 4.02.